The molecule has 4 nitrogen and oxygen atoms in total. The van der Waals surface area contributed by atoms with Crippen molar-refractivity contribution in [3.8, 4) is 0 Å². The van der Waals surface area contributed by atoms with E-state index in [-0.39, 0.29) is 0 Å². The maximum absolute atomic E-state index is 6.59. The fourth-order valence-electron chi connectivity index (χ4n) is 12.9. The topological polar surface area (TPSA) is 30.9 Å². The minimum atomic E-state index is 0.335. The number of hydrogen-bond acceptors (Lipinski definition) is 4. The van der Waals surface area contributed by atoms with E-state index in [1.54, 1.807) is 5.57 Å². The van der Waals surface area contributed by atoms with Crippen LogP contribution >= 0.6 is 0 Å². The summed E-state index contributed by atoms with van der Waals surface area (Å²) in [5.41, 5.74) is 2.79. The summed E-state index contributed by atoms with van der Waals surface area (Å²) >= 11 is 0. The van der Waals surface area contributed by atoms with Crippen LogP contribution in [-0.4, -0.2) is 64.2 Å². The first kappa shape index (κ1) is 52.7. The Morgan fingerprint density at radius 2 is 1.30 bits per heavy atom. The Morgan fingerprint density at radius 3 is 1.93 bits per heavy atom. The molecule has 0 spiro atoms. The van der Waals surface area contributed by atoms with Gasteiger partial charge in [-0.2, -0.15) is 0 Å². The Balaban J connectivity index is 0.968. The van der Waals surface area contributed by atoms with Crippen molar-refractivity contribution < 1.29 is 14.2 Å². The lowest BCUT2D eigenvalue weighted by molar-refractivity contribution is -0.0641. The Bertz CT molecular complexity index is 1220. The number of rotatable bonds is 34. The van der Waals surface area contributed by atoms with Crippen molar-refractivity contribution in [3.63, 3.8) is 0 Å². The van der Waals surface area contributed by atoms with Crippen LogP contribution < -0.4 is 0 Å². The van der Waals surface area contributed by atoms with E-state index in [0.717, 1.165) is 81.4 Å². The van der Waals surface area contributed by atoms with Crippen LogP contribution in [0.1, 0.15) is 221 Å². The van der Waals surface area contributed by atoms with Crippen LogP contribution in [0.5, 0.6) is 0 Å². The maximum Gasteiger partial charge on any atom is 0.0644 e. The lowest BCUT2D eigenvalue weighted by Gasteiger charge is -2.58. The molecule has 4 aliphatic carbocycles. The molecule has 0 aromatic carbocycles. The zero-order valence-corrected chi connectivity index (χ0v) is 42.0. The number of likely N-dealkylation sites (N-methyl/N-ethyl adjacent to an activating group) is 1. The molecule has 9 atom stereocenters. The molecule has 354 valence electrons. The van der Waals surface area contributed by atoms with Crippen LogP contribution in [0.15, 0.2) is 36.0 Å². The highest BCUT2D eigenvalue weighted by Gasteiger charge is 2.59. The van der Waals surface area contributed by atoms with Crippen molar-refractivity contribution in [2.45, 2.75) is 233 Å². The molecule has 0 aliphatic heterocycles. The molecule has 0 bridgehead atoms. The van der Waals surface area contributed by atoms with Crippen molar-refractivity contribution in [3.05, 3.63) is 36.0 Å². The zero-order valence-electron chi connectivity index (χ0n) is 42.0. The Labute approximate surface area is 380 Å². The first-order valence-corrected chi connectivity index (χ1v) is 27.0. The summed E-state index contributed by atoms with van der Waals surface area (Å²) < 4.78 is 18.8. The quantitative estimate of drug-likeness (QED) is 0.0477. The van der Waals surface area contributed by atoms with Gasteiger partial charge in [-0.15, -0.1) is 0 Å². The summed E-state index contributed by atoms with van der Waals surface area (Å²) in [4.78, 5) is 2.26. The number of hydrogen-bond donors (Lipinski definition) is 0. The third-order valence-corrected chi connectivity index (χ3v) is 16.9. The average Bonchev–Trinajstić information content (AvgIpc) is 3.60. The molecule has 0 aromatic heterocycles. The van der Waals surface area contributed by atoms with Crippen molar-refractivity contribution in [1.29, 1.82) is 0 Å². The Kier molecular flexibility index (Phi) is 25.5. The smallest absolute Gasteiger partial charge is 0.0644 e. The minimum Gasteiger partial charge on any atom is -0.380 e. The molecule has 3 fully saturated rings. The van der Waals surface area contributed by atoms with Crippen molar-refractivity contribution >= 4 is 0 Å². The third kappa shape index (κ3) is 17.8. The van der Waals surface area contributed by atoms with Gasteiger partial charge in [0.05, 0.1) is 25.4 Å². The normalized spacial score (nSPS) is 28.8. The summed E-state index contributed by atoms with van der Waals surface area (Å²) in [5.74, 6) is 5.48. The van der Waals surface area contributed by atoms with Gasteiger partial charge < -0.3 is 19.1 Å². The van der Waals surface area contributed by atoms with Gasteiger partial charge in [0.25, 0.3) is 0 Å². The van der Waals surface area contributed by atoms with E-state index in [4.69, 9.17) is 14.2 Å². The molecule has 0 heterocycles. The number of fused-ring (bicyclic) bond motifs is 5. The van der Waals surface area contributed by atoms with Crippen LogP contribution in [0.25, 0.3) is 0 Å². The number of allylic oxidation sites excluding steroid dienone is 5. The van der Waals surface area contributed by atoms with Crippen molar-refractivity contribution in [2.75, 3.05) is 47.1 Å². The van der Waals surface area contributed by atoms with Gasteiger partial charge in [-0.25, -0.2) is 0 Å². The van der Waals surface area contributed by atoms with Crippen molar-refractivity contribution in [1.82, 2.24) is 4.90 Å². The molecular formula is C57H103NO3. The van der Waals surface area contributed by atoms with E-state index in [1.165, 1.54) is 167 Å². The molecular weight excluding hydrogens is 747 g/mol. The molecule has 4 heteroatoms. The van der Waals surface area contributed by atoms with Crippen LogP contribution in [0.4, 0.5) is 0 Å². The molecule has 0 N–H and O–H groups in total. The molecule has 0 radical (unpaired) electrons. The molecule has 4 rings (SSSR count). The minimum absolute atomic E-state index is 0.335. The van der Waals surface area contributed by atoms with E-state index < -0.39 is 0 Å². The van der Waals surface area contributed by atoms with Gasteiger partial charge in [0.2, 0.25) is 0 Å². The highest BCUT2D eigenvalue weighted by atomic mass is 16.5. The summed E-state index contributed by atoms with van der Waals surface area (Å²) in [7, 11) is 4.30. The summed E-state index contributed by atoms with van der Waals surface area (Å²) in [6.45, 7) is 19.3. The van der Waals surface area contributed by atoms with Crippen molar-refractivity contribution in [2.24, 2.45) is 46.3 Å². The van der Waals surface area contributed by atoms with Gasteiger partial charge in [-0.05, 0) is 163 Å². The fourth-order valence-corrected chi connectivity index (χ4v) is 12.9. The van der Waals surface area contributed by atoms with E-state index in [0.29, 0.717) is 23.0 Å². The summed E-state index contributed by atoms with van der Waals surface area (Å²) in [6.07, 6.45) is 49.5. The second-order valence-corrected chi connectivity index (χ2v) is 22.1. The van der Waals surface area contributed by atoms with E-state index in [9.17, 15) is 0 Å². The van der Waals surface area contributed by atoms with E-state index in [2.05, 4.69) is 90.9 Å². The lowest BCUT2D eigenvalue weighted by atomic mass is 9.47. The second-order valence-electron chi connectivity index (χ2n) is 22.1. The molecule has 0 amide bonds. The third-order valence-electron chi connectivity index (χ3n) is 16.9. The Hall–Kier alpha value is -0.940. The van der Waals surface area contributed by atoms with Gasteiger partial charge in [-0.1, -0.05) is 155 Å². The SMILES string of the molecule is CCCCCC=CCC=CCCCCCCCCOC[C@H](COCCCCCCCO[C@H]1CC[C@@]2(C)C(=CC[C@H]3[C@@H]4CC[C@H]([C@H](C)CCCC(C)C)[C@@]4(C)CC[C@@H]32)C1)N(C)C. The molecule has 0 aromatic rings. The molecule has 0 saturated heterocycles. The highest BCUT2D eigenvalue weighted by molar-refractivity contribution is 5.25. The van der Waals surface area contributed by atoms with Gasteiger partial charge in [0.1, 0.15) is 0 Å². The monoisotopic (exact) mass is 850 g/mol. The van der Waals surface area contributed by atoms with Crippen LogP contribution in [0.3, 0.4) is 0 Å². The fraction of sp³-hybridized carbons (Fsp3) is 0.895. The molecule has 61 heavy (non-hydrogen) atoms. The summed E-state index contributed by atoms with van der Waals surface area (Å²) in [6, 6.07) is 0.335. The number of nitrogens with zero attached hydrogens (tertiary/aromatic N) is 1. The van der Waals surface area contributed by atoms with Gasteiger partial charge >= 0.3 is 0 Å². The van der Waals surface area contributed by atoms with Gasteiger partial charge in [-0.3, -0.25) is 0 Å². The van der Waals surface area contributed by atoms with Gasteiger partial charge in [0, 0.05) is 19.8 Å². The van der Waals surface area contributed by atoms with Crippen LogP contribution in [0, 0.1) is 46.3 Å². The lowest BCUT2D eigenvalue weighted by Crippen LogP contribution is -2.51. The van der Waals surface area contributed by atoms with Crippen LogP contribution in [-0.2, 0) is 14.2 Å². The predicted octanol–water partition coefficient (Wildman–Crippen LogP) is 16.1. The largest absolute Gasteiger partial charge is 0.380 e. The predicted molar refractivity (Wildman–Crippen MR) is 264 cm³/mol. The maximum atomic E-state index is 6.59. The first-order chi connectivity index (χ1) is 29.6. The molecule has 0 unspecified atom stereocenters. The average molecular weight is 850 g/mol. The molecule has 4 aliphatic rings. The van der Waals surface area contributed by atoms with E-state index in [1.807, 2.05) is 0 Å². The zero-order chi connectivity index (χ0) is 43.8. The summed E-state index contributed by atoms with van der Waals surface area (Å²) in [5, 5.41) is 0. The number of ether oxygens (including phenoxy) is 3. The Morgan fingerprint density at radius 1 is 0.672 bits per heavy atom. The number of unbranched alkanes of at least 4 members (excludes halogenated alkanes) is 13. The van der Waals surface area contributed by atoms with E-state index >= 15 is 0 Å². The second kappa shape index (κ2) is 29.6. The first-order valence-electron chi connectivity index (χ1n) is 27.0. The van der Waals surface area contributed by atoms with Crippen LogP contribution in [0.2, 0.25) is 0 Å². The standard InChI is InChI=1S/C57H103NO3/c1-9-10-11-12-13-14-15-16-17-18-19-20-21-22-24-27-41-59-45-50(58(7)8)46-60-42-28-25-23-26-29-43-61-51-37-39-56(5)49(44-51)33-34-52-54-36-35-53(48(4)32-30-31-47(2)3)57(54,6)40-38-55(52)56/h13-14,16-17,33,47-48,50-55H,9-12,15,18-32,34-46H2,1-8H3/t48-,50-,51+,52+,53-,54+,55+,56+,57-/m1/s1. The molecule has 3 saturated carbocycles. The van der Waals surface area contributed by atoms with Gasteiger partial charge in [0.15, 0.2) is 0 Å². The highest BCUT2D eigenvalue weighted by Crippen LogP contribution is 2.67.